The van der Waals surface area contributed by atoms with Gasteiger partial charge in [0.15, 0.2) is 0 Å². The number of nitrogens with zero attached hydrogens (tertiary/aromatic N) is 6. The normalized spacial score (nSPS) is 24.0. The van der Waals surface area contributed by atoms with Crippen LogP contribution in [0.5, 0.6) is 0 Å². The van der Waals surface area contributed by atoms with Crippen LogP contribution in [0, 0.1) is 18.8 Å². The summed E-state index contributed by atoms with van der Waals surface area (Å²) in [6.45, 7) is 5.30. The Labute approximate surface area is 171 Å². The number of aromatic nitrogens is 5. The van der Waals surface area contributed by atoms with Gasteiger partial charge in [-0.1, -0.05) is 6.07 Å². The zero-order valence-electron chi connectivity index (χ0n) is 17.0. The molecule has 0 radical (unpaired) electrons. The number of hydrogen-bond donors (Lipinski definition) is 1. The van der Waals surface area contributed by atoms with Crippen molar-refractivity contribution in [2.24, 2.45) is 18.9 Å². The third-order valence-corrected chi connectivity index (χ3v) is 6.24. The molecule has 7 nitrogen and oxygen atoms in total. The average molecular weight is 390 g/mol. The number of pyridine rings is 1. The van der Waals surface area contributed by atoms with E-state index < -0.39 is 0 Å². The minimum absolute atomic E-state index is 0.488. The van der Waals surface area contributed by atoms with E-state index in [1.165, 1.54) is 31.6 Å². The summed E-state index contributed by atoms with van der Waals surface area (Å²) in [5.74, 6) is 2.40. The lowest BCUT2D eigenvalue weighted by Gasteiger charge is -2.19. The van der Waals surface area contributed by atoms with Crippen molar-refractivity contribution in [1.29, 1.82) is 0 Å². The molecule has 0 aromatic carbocycles. The Bertz CT molecular complexity index is 953. The molecule has 3 aromatic rings. The zero-order valence-corrected chi connectivity index (χ0v) is 17.0. The van der Waals surface area contributed by atoms with Crippen molar-refractivity contribution in [2.75, 3.05) is 18.4 Å². The largest absolute Gasteiger partial charge is 0.366 e. The van der Waals surface area contributed by atoms with E-state index in [9.17, 15) is 0 Å². The highest BCUT2D eigenvalue weighted by Crippen LogP contribution is 2.39. The second-order valence-corrected chi connectivity index (χ2v) is 8.45. The van der Waals surface area contributed by atoms with E-state index in [0.29, 0.717) is 6.04 Å². The maximum atomic E-state index is 4.47. The lowest BCUT2D eigenvalue weighted by atomic mass is 10.0. The molecule has 5 rings (SSSR count). The Morgan fingerprint density at radius 1 is 1.07 bits per heavy atom. The summed E-state index contributed by atoms with van der Waals surface area (Å²) in [5.41, 5.74) is 4.05. The van der Waals surface area contributed by atoms with Gasteiger partial charge in [0.1, 0.15) is 5.82 Å². The van der Waals surface area contributed by atoms with Gasteiger partial charge < -0.3 is 5.32 Å². The first-order valence-corrected chi connectivity index (χ1v) is 10.4. The van der Waals surface area contributed by atoms with Crippen LogP contribution in [0.15, 0.2) is 42.7 Å². The molecular weight excluding hydrogens is 362 g/mol. The molecule has 2 fully saturated rings. The molecule has 3 aromatic heterocycles. The Morgan fingerprint density at radius 3 is 2.52 bits per heavy atom. The predicted molar refractivity (Wildman–Crippen MR) is 112 cm³/mol. The van der Waals surface area contributed by atoms with E-state index >= 15 is 0 Å². The molecule has 1 saturated carbocycles. The lowest BCUT2D eigenvalue weighted by molar-refractivity contribution is 0.297. The second-order valence-electron chi connectivity index (χ2n) is 8.45. The van der Waals surface area contributed by atoms with Gasteiger partial charge in [-0.15, -0.1) is 10.2 Å². The van der Waals surface area contributed by atoms with E-state index in [1.807, 2.05) is 49.2 Å². The topological polar surface area (TPSA) is 71.8 Å². The molecule has 1 aliphatic carbocycles. The summed E-state index contributed by atoms with van der Waals surface area (Å²) in [6.07, 6.45) is 6.28. The van der Waals surface area contributed by atoms with Crippen LogP contribution in [0.4, 0.5) is 5.82 Å². The van der Waals surface area contributed by atoms with Crippen molar-refractivity contribution >= 4 is 5.82 Å². The Morgan fingerprint density at radius 2 is 1.90 bits per heavy atom. The minimum Gasteiger partial charge on any atom is -0.366 e. The van der Waals surface area contributed by atoms with Crippen LogP contribution in [-0.2, 0) is 13.6 Å². The standard InChI is InChI=1S/C22H27N7/c1-15-20(14-28(2)27-15)21-6-7-22(26-25-21)24-19-9-16-11-29(12-17(16)10-19)13-18-5-3-4-8-23-18/h3-8,14,16-17,19H,9-13H2,1-2H3,(H,24,26)/t16-,17+,19+. The number of anilines is 1. The first-order chi connectivity index (χ1) is 14.1. The van der Waals surface area contributed by atoms with Crippen LogP contribution in [0.3, 0.4) is 0 Å². The molecular formula is C22H27N7. The van der Waals surface area contributed by atoms with Gasteiger partial charge in [0.2, 0.25) is 0 Å². The molecule has 0 unspecified atom stereocenters. The van der Waals surface area contributed by atoms with Crippen LogP contribution in [0.25, 0.3) is 11.3 Å². The van der Waals surface area contributed by atoms with Crippen molar-refractivity contribution in [3.63, 3.8) is 0 Å². The molecule has 2 aliphatic rings. The van der Waals surface area contributed by atoms with Crippen LogP contribution >= 0.6 is 0 Å². The van der Waals surface area contributed by atoms with Crippen LogP contribution in [-0.4, -0.2) is 49.0 Å². The second kappa shape index (κ2) is 7.55. The number of rotatable bonds is 5. The Balaban J connectivity index is 1.16. The van der Waals surface area contributed by atoms with E-state index in [0.717, 1.165) is 41.1 Å². The zero-order chi connectivity index (χ0) is 19.8. The van der Waals surface area contributed by atoms with Crippen molar-refractivity contribution in [1.82, 2.24) is 29.9 Å². The molecule has 29 heavy (non-hydrogen) atoms. The van der Waals surface area contributed by atoms with Gasteiger partial charge in [0.05, 0.1) is 17.1 Å². The van der Waals surface area contributed by atoms with E-state index in [4.69, 9.17) is 0 Å². The van der Waals surface area contributed by atoms with Gasteiger partial charge in [0, 0.05) is 50.7 Å². The molecule has 4 heterocycles. The van der Waals surface area contributed by atoms with E-state index in [2.05, 4.69) is 42.6 Å². The summed E-state index contributed by atoms with van der Waals surface area (Å²) in [6, 6.07) is 10.7. The molecule has 1 N–H and O–H groups in total. The number of hydrogen-bond acceptors (Lipinski definition) is 6. The first-order valence-electron chi connectivity index (χ1n) is 10.4. The first kappa shape index (κ1) is 18.2. The van der Waals surface area contributed by atoms with E-state index in [-0.39, 0.29) is 0 Å². The molecule has 0 amide bonds. The third-order valence-electron chi connectivity index (χ3n) is 6.24. The molecule has 3 atom stereocenters. The number of likely N-dealkylation sites (tertiary alicyclic amines) is 1. The predicted octanol–water partition coefficient (Wildman–Crippen LogP) is 2.90. The van der Waals surface area contributed by atoms with Crippen LogP contribution in [0.1, 0.15) is 24.2 Å². The third kappa shape index (κ3) is 3.87. The van der Waals surface area contributed by atoms with Crippen molar-refractivity contribution < 1.29 is 0 Å². The SMILES string of the molecule is Cc1nn(C)cc1-c1ccc(N[C@H]2C[C@@H]3CN(Cc4ccccn4)C[C@@H]3C2)nn1. The molecule has 0 bridgehead atoms. The minimum atomic E-state index is 0.488. The Hall–Kier alpha value is -2.80. The quantitative estimate of drug-likeness (QED) is 0.723. The summed E-state index contributed by atoms with van der Waals surface area (Å²) >= 11 is 0. The molecule has 1 aliphatic heterocycles. The fourth-order valence-electron chi connectivity index (χ4n) is 4.98. The summed E-state index contributed by atoms with van der Waals surface area (Å²) in [4.78, 5) is 7.02. The molecule has 1 saturated heterocycles. The van der Waals surface area contributed by atoms with Gasteiger partial charge in [-0.2, -0.15) is 5.10 Å². The average Bonchev–Trinajstić information content (AvgIpc) is 3.36. The van der Waals surface area contributed by atoms with Gasteiger partial charge in [-0.3, -0.25) is 14.6 Å². The molecule has 7 heteroatoms. The van der Waals surface area contributed by atoms with Gasteiger partial charge >= 0.3 is 0 Å². The summed E-state index contributed by atoms with van der Waals surface area (Å²) in [7, 11) is 1.92. The summed E-state index contributed by atoms with van der Waals surface area (Å²) in [5, 5.41) is 16.8. The Kier molecular flexibility index (Phi) is 4.75. The maximum Gasteiger partial charge on any atom is 0.148 e. The maximum absolute atomic E-state index is 4.47. The fourth-order valence-corrected chi connectivity index (χ4v) is 4.98. The number of fused-ring (bicyclic) bond motifs is 1. The molecule has 0 spiro atoms. The van der Waals surface area contributed by atoms with Crippen molar-refractivity contribution in [3.05, 3.63) is 54.1 Å². The van der Waals surface area contributed by atoms with Crippen molar-refractivity contribution in [2.45, 2.75) is 32.4 Å². The highest BCUT2D eigenvalue weighted by atomic mass is 15.3. The van der Waals surface area contributed by atoms with Gasteiger partial charge in [-0.25, -0.2) is 0 Å². The van der Waals surface area contributed by atoms with Crippen molar-refractivity contribution in [3.8, 4) is 11.3 Å². The highest BCUT2D eigenvalue weighted by Gasteiger charge is 2.40. The van der Waals surface area contributed by atoms with Gasteiger partial charge in [0.25, 0.3) is 0 Å². The van der Waals surface area contributed by atoms with Gasteiger partial charge in [-0.05, 0) is 55.9 Å². The molecule has 150 valence electrons. The monoisotopic (exact) mass is 389 g/mol. The fraction of sp³-hybridized carbons (Fsp3) is 0.455. The summed E-state index contributed by atoms with van der Waals surface area (Å²) < 4.78 is 1.81. The van der Waals surface area contributed by atoms with Crippen LogP contribution in [0.2, 0.25) is 0 Å². The van der Waals surface area contributed by atoms with E-state index in [1.54, 1.807) is 0 Å². The van der Waals surface area contributed by atoms with Crippen LogP contribution < -0.4 is 5.32 Å². The number of nitrogens with one attached hydrogen (secondary N) is 1. The number of aryl methyl sites for hydroxylation is 2. The smallest absolute Gasteiger partial charge is 0.148 e. The lowest BCUT2D eigenvalue weighted by Crippen LogP contribution is -2.25. The highest BCUT2D eigenvalue weighted by molar-refractivity contribution is 5.61.